The highest BCUT2D eigenvalue weighted by atomic mass is 16.3. The lowest BCUT2D eigenvalue weighted by Gasteiger charge is -2.50. The Balaban J connectivity index is 1.44. The Hall–Kier alpha value is -5.28. The van der Waals surface area contributed by atoms with Gasteiger partial charge in [-0.2, -0.15) is 0 Å². The van der Waals surface area contributed by atoms with Gasteiger partial charge in [-0.1, -0.05) is 97.1 Å². The molecule has 0 N–H and O–H groups in total. The van der Waals surface area contributed by atoms with Crippen LogP contribution in [0, 0.1) is 0 Å². The van der Waals surface area contributed by atoms with E-state index >= 15 is 0 Å². The van der Waals surface area contributed by atoms with Crippen LogP contribution in [0.15, 0.2) is 144 Å². The first kappa shape index (κ1) is 21.6. The molecule has 1 atom stereocenters. The van der Waals surface area contributed by atoms with Gasteiger partial charge in [0.05, 0.1) is 22.4 Å². The summed E-state index contributed by atoms with van der Waals surface area (Å²) in [6, 6.07) is 50.0. The lowest BCUT2D eigenvalue weighted by Crippen LogP contribution is -2.41. The third-order valence-electron chi connectivity index (χ3n) is 8.44. The van der Waals surface area contributed by atoms with Crippen LogP contribution >= 0.6 is 0 Å². The van der Waals surface area contributed by atoms with Crippen molar-refractivity contribution < 1.29 is 4.42 Å². The van der Waals surface area contributed by atoms with Crippen LogP contribution in [0.3, 0.4) is 0 Å². The SMILES string of the molecule is c1ccc(N2c3ccccc3-c3cccc4c3C2N(c2cccc3oc5ccccc5c23)c2ccccc2-4)cc1. The Morgan fingerprint density at radius 1 is 0.425 bits per heavy atom. The Morgan fingerprint density at radius 3 is 1.75 bits per heavy atom. The van der Waals surface area contributed by atoms with Crippen molar-refractivity contribution in [3.63, 3.8) is 0 Å². The number of anilines is 4. The lowest BCUT2D eigenvalue weighted by atomic mass is 9.81. The summed E-state index contributed by atoms with van der Waals surface area (Å²) in [6.07, 6.45) is -0.0994. The molecule has 3 heteroatoms. The zero-order chi connectivity index (χ0) is 26.2. The molecule has 0 amide bonds. The molecular weight excluding hydrogens is 488 g/mol. The smallest absolute Gasteiger partial charge is 0.138 e. The summed E-state index contributed by atoms with van der Waals surface area (Å²) in [4.78, 5) is 5.05. The standard InChI is InChI=1S/C37H24N2O/c1-2-12-24(13-3-1)38-30-19-7-4-14-25(30)27-17-10-18-28-26-15-5-8-20-31(26)39(37(38)35(27)28)32-21-11-23-34-36(32)29-16-6-9-22-33(29)40-34/h1-23,37H. The molecule has 0 saturated heterocycles. The van der Waals surface area contributed by atoms with Crippen LogP contribution in [0.4, 0.5) is 22.7 Å². The van der Waals surface area contributed by atoms with Gasteiger partial charge in [0.2, 0.25) is 0 Å². The van der Waals surface area contributed by atoms with Crippen LogP contribution in [0.1, 0.15) is 11.7 Å². The molecular formula is C37H24N2O. The van der Waals surface area contributed by atoms with Crippen LogP contribution in [0.25, 0.3) is 44.2 Å². The summed E-state index contributed by atoms with van der Waals surface area (Å²) >= 11 is 0. The van der Waals surface area contributed by atoms with Crippen molar-refractivity contribution in [2.75, 3.05) is 9.80 Å². The zero-order valence-corrected chi connectivity index (χ0v) is 21.7. The zero-order valence-electron chi connectivity index (χ0n) is 21.7. The predicted molar refractivity (Wildman–Crippen MR) is 164 cm³/mol. The fraction of sp³-hybridized carbons (Fsp3) is 0.0270. The third-order valence-corrected chi connectivity index (χ3v) is 8.44. The molecule has 9 rings (SSSR count). The van der Waals surface area contributed by atoms with Gasteiger partial charge in [-0.3, -0.25) is 0 Å². The van der Waals surface area contributed by atoms with Crippen molar-refractivity contribution >= 4 is 44.7 Å². The largest absolute Gasteiger partial charge is 0.456 e. The second kappa shape index (κ2) is 8.11. The molecule has 0 aliphatic carbocycles. The van der Waals surface area contributed by atoms with Gasteiger partial charge in [-0.25, -0.2) is 0 Å². The van der Waals surface area contributed by atoms with E-state index in [4.69, 9.17) is 4.42 Å². The quantitative estimate of drug-likeness (QED) is 0.230. The molecule has 0 spiro atoms. The number of rotatable bonds is 2. The second-order valence-corrected chi connectivity index (χ2v) is 10.5. The van der Waals surface area contributed by atoms with Gasteiger partial charge in [0.15, 0.2) is 0 Å². The minimum atomic E-state index is -0.0994. The monoisotopic (exact) mass is 512 g/mol. The van der Waals surface area contributed by atoms with E-state index in [0.29, 0.717) is 0 Å². The molecule has 40 heavy (non-hydrogen) atoms. The van der Waals surface area contributed by atoms with Crippen LogP contribution in [0.5, 0.6) is 0 Å². The van der Waals surface area contributed by atoms with Crippen molar-refractivity contribution in [3.8, 4) is 22.3 Å². The Bertz CT molecular complexity index is 2080. The lowest BCUT2D eigenvalue weighted by molar-refractivity contribution is 0.668. The second-order valence-electron chi connectivity index (χ2n) is 10.5. The Kier molecular flexibility index (Phi) is 4.39. The Morgan fingerprint density at radius 2 is 0.975 bits per heavy atom. The molecule has 188 valence electrons. The number of hydrogen-bond acceptors (Lipinski definition) is 3. The molecule has 0 bridgehead atoms. The first-order valence-electron chi connectivity index (χ1n) is 13.7. The van der Waals surface area contributed by atoms with E-state index in [9.17, 15) is 0 Å². The fourth-order valence-electron chi connectivity index (χ4n) is 6.86. The summed E-state index contributed by atoms with van der Waals surface area (Å²) in [5.74, 6) is 0. The van der Waals surface area contributed by atoms with Gasteiger partial charge < -0.3 is 14.2 Å². The van der Waals surface area contributed by atoms with Gasteiger partial charge in [0.25, 0.3) is 0 Å². The van der Waals surface area contributed by atoms with E-state index in [1.165, 1.54) is 39.2 Å². The average Bonchev–Trinajstić information content (AvgIpc) is 3.41. The van der Waals surface area contributed by atoms with Gasteiger partial charge in [0.1, 0.15) is 17.3 Å². The van der Waals surface area contributed by atoms with Gasteiger partial charge in [0, 0.05) is 27.8 Å². The first-order valence-corrected chi connectivity index (χ1v) is 13.7. The summed E-state index contributed by atoms with van der Waals surface area (Å²) < 4.78 is 6.38. The van der Waals surface area contributed by atoms with E-state index in [2.05, 4.69) is 143 Å². The van der Waals surface area contributed by atoms with E-state index in [1.807, 2.05) is 6.07 Å². The van der Waals surface area contributed by atoms with Crippen LogP contribution in [-0.2, 0) is 0 Å². The predicted octanol–water partition coefficient (Wildman–Crippen LogP) is 10.2. The molecule has 0 fully saturated rings. The molecule has 1 unspecified atom stereocenters. The van der Waals surface area contributed by atoms with E-state index in [0.717, 1.165) is 33.3 Å². The normalized spacial score (nSPS) is 15.2. The Labute approximate surface area is 232 Å². The molecule has 6 aromatic carbocycles. The summed E-state index contributed by atoms with van der Waals surface area (Å²) in [6.45, 7) is 0. The van der Waals surface area contributed by atoms with Crippen LogP contribution < -0.4 is 9.80 Å². The van der Waals surface area contributed by atoms with Crippen molar-refractivity contribution in [2.45, 2.75) is 6.17 Å². The average molecular weight is 513 g/mol. The maximum absolute atomic E-state index is 6.38. The third kappa shape index (κ3) is 2.84. The number of fused-ring (bicyclic) bond motifs is 7. The molecule has 2 aliphatic rings. The molecule has 1 aromatic heterocycles. The maximum atomic E-state index is 6.38. The molecule has 0 radical (unpaired) electrons. The number of nitrogens with zero attached hydrogens (tertiary/aromatic N) is 2. The number of benzene rings is 6. The van der Waals surface area contributed by atoms with Crippen LogP contribution in [0.2, 0.25) is 0 Å². The molecule has 2 aliphatic heterocycles. The van der Waals surface area contributed by atoms with E-state index < -0.39 is 0 Å². The molecule has 7 aromatic rings. The van der Waals surface area contributed by atoms with E-state index in [1.54, 1.807) is 0 Å². The van der Waals surface area contributed by atoms with Crippen molar-refractivity contribution in [1.29, 1.82) is 0 Å². The molecule has 0 saturated carbocycles. The van der Waals surface area contributed by atoms with Crippen molar-refractivity contribution in [2.24, 2.45) is 0 Å². The first-order chi connectivity index (χ1) is 19.9. The molecule has 3 nitrogen and oxygen atoms in total. The van der Waals surface area contributed by atoms with Crippen LogP contribution in [-0.4, -0.2) is 0 Å². The minimum absolute atomic E-state index is 0.0994. The highest BCUT2D eigenvalue weighted by molar-refractivity contribution is 6.13. The van der Waals surface area contributed by atoms with Crippen molar-refractivity contribution in [1.82, 2.24) is 0 Å². The van der Waals surface area contributed by atoms with Crippen molar-refractivity contribution in [3.05, 3.63) is 145 Å². The number of para-hydroxylation sites is 4. The summed E-state index contributed by atoms with van der Waals surface area (Å²) in [5, 5.41) is 2.27. The topological polar surface area (TPSA) is 19.6 Å². The minimum Gasteiger partial charge on any atom is -0.456 e. The highest BCUT2D eigenvalue weighted by Crippen LogP contribution is 2.59. The fourth-order valence-corrected chi connectivity index (χ4v) is 6.86. The summed E-state index contributed by atoms with van der Waals surface area (Å²) in [5.41, 5.74) is 12.9. The van der Waals surface area contributed by atoms with Gasteiger partial charge in [-0.05, 0) is 53.6 Å². The summed E-state index contributed by atoms with van der Waals surface area (Å²) in [7, 11) is 0. The molecule has 3 heterocycles. The number of hydrogen-bond donors (Lipinski definition) is 0. The maximum Gasteiger partial charge on any atom is 0.138 e. The van der Waals surface area contributed by atoms with E-state index in [-0.39, 0.29) is 6.17 Å². The van der Waals surface area contributed by atoms with Gasteiger partial charge in [-0.15, -0.1) is 0 Å². The highest BCUT2D eigenvalue weighted by Gasteiger charge is 2.42. The van der Waals surface area contributed by atoms with Gasteiger partial charge >= 0.3 is 0 Å². The number of furan rings is 1.